The molecule has 0 saturated carbocycles. The lowest BCUT2D eigenvalue weighted by atomic mass is 9.83. The molecular weight excluding hydrogens is 444 g/mol. The van der Waals surface area contributed by atoms with Crippen LogP contribution in [0, 0.1) is 6.57 Å². The van der Waals surface area contributed by atoms with Gasteiger partial charge in [-0.25, -0.2) is 16.5 Å². The summed E-state index contributed by atoms with van der Waals surface area (Å²) in [4.78, 5) is 26.3. The molecule has 2 atom stereocenters. The minimum absolute atomic E-state index is 0.279. The Morgan fingerprint density at radius 3 is 2.78 bits per heavy atom. The van der Waals surface area contributed by atoms with Gasteiger partial charge in [0.05, 0.1) is 18.4 Å². The standard InChI is InChI=1S/C24H25ClN4O2S/c1-5-6-14-32-24-21(26-3)20(16-10-9-13-27-22(16)25)19(15(2)28-24)23(30)29-17-11-7-8-12-18(17)31-4/h7-13,20-21H,5-6,14H2,1-2,4H3,(H,29,30). The van der Waals surface area contributed by atoms with Gasteiger partial charge in [0.1, 0.15) is 16.8 Å². The van der Waals surface area contributed by atoms with Crippen molar-refractivity contribution in [3.05, 3.63) is 76.0 Å². The number of amides is 1. The zero-order valence-corrected chi connectivity index (χ0v) is 19.8. The number of para-hydroxylation sites is 2. The van der Waals surface area contributed by atoms with Crippen LogP contribution in [0.25, 0.3) is 4.85 Å². The van der Waals surface area contributed by atoms with Crippen molar-refractivity contribution in [1.29, 1.82) is 0 Å². The minimum atomic E-state index is -0.652. The second kappa shape index (κ2) is 11.2. The molecule has 32 heavy (non-hydrogen) atoms. The molecule has 166 valence electrons. The lowest BCUT2D eigenvalue weighted by Gasteiger charge is -2.27. The molecule has 2 aromatic rings. The number of anilines is 1. The number of pyridine rings is 1. The van der Waals surface area contributed by atoms with Crippen molar-refractivity contribution in [2.45, 2.75) is 38.6 Å². The van der Waals surface area contributed by atoms with Crippen LogP contribution in [-0.4, -0.2) is 34.8 Å². The third-order valence-corrected chi connectivity index (χ3v) is 6.59. The summed E-state index contributed by atoms with van der Waals surface area (Å²) >= 11 is 8.02. The summed E-state index contributed by atoms with van der Waals surface area (Å²) in [6.07, 6.45) is 3.68. The number of nitrogens with one attached hydrogen (secondary N) is 1. The number of benzene rings is 1. The van der Waals surface area contributed by atoms with Gasteiger partial charge in [-0.1, -0.05) is 43.1 Å². The van der Waals surface area contributed by atoms with Crippen LogP contribution < -0.4 is 10.1 Å². The molecular formula is C24H25ClN4O2S. The van der Waals surface area contributed by atoms with E-state index in [-0.39, 0.29) is 11.1 Å². The number of rotatable bonds is 7. The molecule has 6 nitrogen and oxygen atoms in total. The van der Waals surface area contributed by atoms with Gasteiger partial charge >= 0.3 is 0 Å². The Kier molecular flexibility index (Phi) is 8.32. The molecule has 0 radical (unpaired) electrons. The van der Waals surface area contributed by atoms with Crippen LogP contribution in [-0.2, 0) is 4.79 Å². The lowest BCUT2D eigenvalue weighted by Crippen LogP contribution is -2.34. The second-order valence-corrected chi connectivity index (χ2v) is 8.71. The second-order valence-electron chi connectivity index (χ2n) is 7.24. The third kappa shape index (κ3) is 5.14. The number of carbonyl (C=O) groups is 1. The lowest BCUT2D eigenvalue weighted by molar-refractivity contribution is -0.113. The SMILES string of the molecule is [C-]#[N+]C1C(SCCCC)=NC(C)=C(C(=O)Nc2ccccc2OC)C1c1cccnc1Cl. The number of halogens is 1. The first-order valence-electron chi connectivity index (χ1n) is 10.3. The zero-order valence-electron chi connectivity index (χ0n) is 18.3. The molecule has 0 spiro atoms. The van der Waals surface area contributed by atoms with E-state index in [2.05, 4.69) is 27.1 Å². The molecule has 0 bridgehead atoms. The number of aliphatic imine (C=N–C) groups is 1. The van der Waals surface area contributed by atoms with E-state index in [4.69, 9.17) is 22.9 Å². The first-order valence-corrected chi connectivity index (χ1v) is 11.7. The summed E-state index contributed by atoms with van der Waals surface area (Å²) in [6, 6.07) is 10.1. The van der Waals surface area contributed by atoms with Crippen LogP contribution in [0.1, 0.15) is 38.2 Å². The van der Waals surface area contributed by atoms with Gasteiger partial charge in [-0.05, 0) is 37.3 Å². The van der Waals surface area contributed by atoms with Crippen LogP contribution in [0.5, 0.6) is 5.75 Å². The number of allylic oxidation sites excluding steroid dienone is 1. The highest BCUT2D eigenvalue weighted by molar-refractivity contribution is 8.14. The molecule has 2 heterocycles. The van der Waals surface area contributed by atoms with Gasteiger partial charge in [-0.3, -0.25) is 4.79 Å². The van der Waals surface area contributed by atoms with Crippen molar-refractivity contribution < 1.29 is 9.53 Å². The molecule has 8 heteroatoms. The van der Waals surface area contributed by atoms with Crippen molar-refractivity contribution in [1.82, 2.24) is 4.98 Å². The molecule has 1 aliphatic heterocycles. The van der Waals surface area contributed by atoms with Crippen molar-refractivity contribution in [3.63, 3.8) is 0 Å². The van der Waals surface area contributed by atoms with E-state index in [9.17, 15) is 4.79 Å². The first-order chi connectivity index (χ1) is 15.5. The Labute approximate surface area is 198 Å². The Bertz CT molecular complexity index is 1090. The van der Waals surface area contributed by atoms with Gasteiger partial charge in [-0.15, -0.1) is 11.8 Å². The van der Waals surface area contributed by atoms with Gasteiger partial charge in [0.25, 0.3) is 11.9 Å². The third-order valence-electron chi connectivity index (χ3n) is 5.16. The van der Waals surface area contributed by atoms with E-state index in [1.807, 2.05) is 18.2 Å². The number of hydrogen-bond acceptors (Lipinski definition) is 5. The quantitative estimate of drug-likeness (QED) is 0.308. The average Bonchev–Trinajstić information content (AvgIpc) is 2.79. The van der Waals surface area contributed by atoms with Gasteiger partial charge in [0.2, 0.25) is 0 Å². The Morgan fingerprint density at radius 2 is 2.09 bits per heavy atom. The van der Waals surface area contributed by atoms with Crippen molar-refractivity contribution in [3.8, 4) is 5.75 Å². The Balaban J connectivity index is 2.08. The normalized spacial score (nSPS) is 18.0. The van der Waals surface area contributed by atoms with Crippen LogP contribution in [0.15, 0.2) is 58.9 Å². The smallest absolute Gasteiger partial charge is 0.282 e. The summed E-state index contributed by atoms with van der Waals surface area (Å²) in [5.41, 5.74) is 2.17. The number of aromatic nitrogens is 1. The van der Waals surface area contributed by atoms with E-state index in [1.54, 1.807) is 50.2 Å². The summed E-state index contributed by atoms with van der Waals surface area (Å²) in [6.45, 7) is 11.9. The molecule has 0 aliphatic carbocycles. The fourth-order valence-corrected chi connectivity index (χ4v) is 5.02. The highest BCUT2D eigenvalue weighted by atomic mass is 35.5. The van der Waals surface area contributed by atoms with Gasteiger partial charge in [0.15, 0.2) is 5.04 Å². The Morgan fingerprint density at radius 1 is 1.31 bits per heavy atom. The molecule has 0 fully saturated rings. The van der Waals surface area contributed by atoms with Gasteiger partial charge < -0.3 is 14.9 Å². The molecule has 1 aromatic carbocycles. The van der Waals surface area contributed by atoms with Crippen LogP contribution in [0.4, 0.5) is 5.69 Å². The van der Waals surface area contributed by atoms with Crippen molar-refractivity contribution >= 4 is 40.0 Å². The molecule has 1 N–H and O–H groups in total. The number of carbonyl (C=O) groups excluding carboxylic acids is 1. The molecule has 1 aliphatic rings. The number of methoxy groups -OCH3 is 1. The van der Waals surface area contributed by atoms with Crippen LogP contribution in [0.2, 0.25) is 5.15 Å². The maximum atomic E-state index is 13.5. The summed E-state index contributed by atoms with van der Waals surface area (Å²) < 4.78 is 5.36. The van der Waals surface area contributed by atoms with E-state index in [1.165, 1.54) is 0 Å². The summed E-state index contributed by atoms with van der Waals surface area (Å²) in [5.74, 6) is 0.495. The monoisotopic (exact) mass is 468 g/mol. The van der Waals surface area contributed by atoms with Crippen LogP contribution in [0.3, 0.4) is 0 Å². The molecule has 0 saturated heterocycles. The predicted molar refractivity (Wildman–Crippen MR) is 132 cm³/mol. The van der Waals surface area contributed by atoms with E-state index in [0.717, 1.165) is 18.6 Å². The van der Waals surface area contributed by atoms with E-state index < -0.39 is 12.0 Å². The fourth-order valence-electron chi connectivity index (χ4n) is 3.58. The topological polar surface area (TPSA) is 67.9 Å². The summed E-state index contributed by atoms with van der Waals surface area (Å²) in [7, 11) is 1.55. The summed E-state index contributed by atoms with van der Waals surface area (Å²) in [5, 5.41) is 3.92. The highest BCUT2D eigenvalue weighted by Crippen LogP contribution is 2.41. The van der Waals surface area contributed by atoms with Crippen molar-refractivity contribution in [2.24, 2.45) is 4.99 Å². The van der Waals surface area contributed by atoms with E-state index >= 15 is 0 Å². The predicted octanol–water partition coefficient (Wildman–Crippen LogP) is 5.97. The largest absolute Gasteiger partial charge is 0.495 e. The highest BCUT2D eigenvalue weighted by Gasteiger charge is 2.44. The zero-order chi connectivity index (χ0) is 23.1. The van der Waals surface area contributed by atoms with Gasteiger partial charge in [0, 0.05) is 17.5 Å². The molecule has 1 aromatic heterocycles. The fraction of sp³-hybridized carbons (Fsp3) is 0.333. The molecule has 2 unspecified atom stereocenters. The Hall–Kier alpha value is -2.82. The number of hydrogen-bond donors (Lipinski definition) is 1. The number of nitrogens with zero attached hydrogens (tertiary/aromatic N) is 3. The maximum Gasteiger partial charge on any atom is 0.282 e. The molecule has 1 amide bonds. The maximum absolute atomic E-state index is 13.5. The average molecular weight is 469 g/mol. The van der Waals surface area contributed by atoms with Gasteiger partial charge in [-0.2, -0.15) is 0 Å². The number of unbranched alkanes of at least 4 members (excludes halogenated alkanes) is 1. The minimum Gasteiger partial charge on any atom is -0.495 e. The van der Waals surface area contributed by atoms with Crippen molar-refractivity contribution in [2.75, 3.05) is 18.2 Å². The first kappa shape index (κ1) is 23.8. The van der Waals surface area contributed by atoms with Crippen LogP contribution >= 0.6 is 23.4 Å². The number of ether oxygens (including phenoxy) is 1. The molecule has 3 rings (SSSR count). The number of thioether (sulfide) groups is 1. The van der Waals surface area contributed by atoms with E-state index in [0.29, 0.717) is 33.3 Å².